The molecule has 0 unspecified atom stereocenters. The van der Waals surface area contributed by atoms with Crippen LogP contribution in [0.1, 0.15) is 54.4 Å². The van der Waals surface area contributed by atoms with Crippen molar-refractivity contribution < 1.29 is 8.85 Å². The molecular formula is C18H41NO2Si2. The second kappa shape index (κ2) is 6.91. The molecule has 3 atom stereocenters. The minimum Gasteiger partial charge on any atom is -0.416 e. The zero-order chi connectivity index (χ0) is 18.3. The molecule has 1 rings (SSSR count). The van der Waals surface area contributed by atoms with E-state index in [4.69, 9.17) is 14.6 Å². The van der Waals surface area contributed by atoms with Crippen LogP contribution in [0, 0.1) is 5.92 Å². The lowest BCUT2D eigenvalue weighted by Gasteiger charge is -2.41. The molecule has 3 nitrogen and oxygen atoms in total. The molecule has 0 aliphatic heterocycles. The van der Waals surface area contributed by atoms with E-state index in [9.17, 15) is 0 Å². The van der Waals surface area contributed by atoms with Gasteiger partial charge in [0.15, 0.2) is 16.6 Å². The average molecular weight is 360 g/mol. The molecule has 1 fully saturated rings. The topological polar surface area (TPSA) is 44.5 Å². The molecule has 0 aromatic heterocycles. The summed E-state index contributed by atoms with van der Waals surface area (Å²) in [6.45, 7) is 23.9. The number of hydrogen-bond acceptors (Lipinski definition) is 3. The minimum atomic E-state index is -1.75. The van der Waals surface area contributed by atoms with Gasteiger partial charge in [0.05, 0.1) is 6.10 Å². The van der Waals surface area contributed by atoms with Crippen LogP contribution in [-0.2, 0) is 8.85 Å². The van der Waals surface area contributed by atoms with Crippen LogP contribution in [0.15, 0.2) is 0 Å². The van der Waals surface area contributed by atoms with Crippen molar-refractivity contribution in [3.05, 3.63) is 0 Å². The molecule has 1 aliphatic carbocycles. The number of nitrogens with two attached hydrogens (primary N) is 1. The lowest BCUT2D eigenvalue weighted by molar-refractivity contribution is 0.101. The Morgan fingerprint density at radius 1 is 0.870 bits per heavy atom. The van der Waals surface area contributed by atoms with Crippen LogP contribution < -0.4 is 5.73 Å². The minimum absolute atomic E-state index is 0.241. The summed E-state index contributed by atoms with van der Waals surface area (Å²) in [6.07, 6.45) is 2.29. The average Bonchev–Trinajstić information content (AvgIpc) is 2.63. The smallest absolute Gasteiger partial charge is 0.192 e. The summed E-state index contributed by atoms with van der Waals surface area (Å²) in [5.41, 5.74) is 6.26. The fraction of sp³-hybridized carbons (Fsp3) is 1.00. The summed E-state index contributed by atoms with van der Waals surface area (Å²) in [5, 5.41) is 0.494. The molecule has 0 saturated heterocycles. The van der Waals surface area contributed by atoms with Gasteiger partial charge in [-0.05, 0) is 49.1 Å². The Morgan fingerprint density at radius 2 is 1.35 bits per heavy atom. The first-order valence-electron chi connectivity index (χ1n) is 9.14. The third kappa shape index (κ3) is 5.39. The van der Waals surface area contributed by atoms with Crippen LogP contribution in [0.5, 0.6) is 0 Å². The van der Waals surface area contributed by atoms with Crippen molar-refractivity contribution in [2.75, 3.05) is 6.61 Å². The molecular weight excluding hydrogens is 318 g/mol. The molecule has 0 amide bonds. The molecule has 0 heterocycles. The quantitative estimate of drug-likeness (QED) is 0.692. The van der Waals surface area contributed by atoms with E-state index in [0.717, 1.165) is 19.4 Å². The Labute approximate surface area is 147 Å². The van der Waals surface area contributed by atoms with E-state index in [1.807, 2.05) is 0 Å². The predicted octanol–water partition coefficient (Wildman–Crippen LogP) is 5.14. The van der Waals surface area contributed by atoms with E-state index in [1.54, 1.807) is 0 Å². The summed E-state index contributed by atoms with van der Waals surface area (Å²) in [6, 6.07) is 0.262. The van der Waals surface area contributed by atoms with Crippen LogP contribution in [0.3, 0.4) is 0 Å². The van der Waals surface area contributed by atoms with Crippen LogP contribution >= 0.6 is 0 Å². The molecule has 0 spiro atoms. The third-order valence-electron chi connectivity index (χ3n) is 6.38. The highest BCUT2D eigenvalue weighted by Crippen LogP contribution is 2.42. The van der Waals surface area contributed by atoms with Gasteiger partial charge in [0.2, 0.25) is 0 Å². The Kier molecular flexibility index (Phi) is 6.41. The van der Waals surface area contributed by atoms with E-state index < -0.39 is 16.6 Å². The third-order valence-corrected chi connectivity index (χ3v) is 15.4. The van der Waals surface area contributed by atoms with Gasteiger partial charge in [-0.15, -0.1) is 0 Å². The van der Waals surface area contributed by atoms with Crippen molar-refractivity contribution >= 4 is 16.6 Å². The van der Waals surface area contributed by atoms with Crippen molar-refractivity contribution in [3.8, 4) is 0 Å². The number of hydrogen-bond donors (Lipinski definition) is 1. The van der Waals surface area contributed by atoms with E-state index >= 15 is 0 Å². The zero-order valence-electron chi connectivity index (χ0n) is 17.2. The fourth-order valence-corrected chi connectivity index (χ4v) is 5.00. The summed E-state index contributed by atoms with van der Waals surface area (Å²) < 4.78 is 13.2. The molecule has 5 heteroatoms. The van der Waals surface area contributed by atoms with Gasteiger partial charge in [-0.2, -0.15) is 0 Å². The Hall–Kier alpha value is 0.314. The van der Waals surface area contributed by atoms with Gasteiger partial charge in [0.25, 0.3) is 0 Å². The van der Waals surface area contributed by atoms with E-state index in [1.165, 1.54) is 0 Å². The van der Waals surface area contributed by atoms with Gasteiger partial charge < -0.3 is 14.6 Å². The molecule has 23 heavy (non-hydrogen) atoms. The SMILES string of the molecule is CC(C)(C)[Si](C)(C)OC[C@@H]1C[C@@H](N)C[C@@H]1O[Si](C)(C)C(C)(C)C. The lowest BCUT2D eigenvalue weighted by atomic mass is 10.1. The summed E-state index contributed by atoms with van der Waals surface area (Å²) in [5.74, 6) is 0.452. The normalized spacial score (nSPS) is 27.5. The highest BCUT2D eigenvalue weighted by atomic mass is 28.4. The first-order valence-corrected chi connectivity index (χ1v) is 15.0. The van der Waals surface area contributed by atoms with Gasteiger partial charge in [0, 0.05) is 18.6 Å². The Bertz CT molecular complexity index is 397. The van der Waals surface area contributed by atoms with Gasteiger partial charge in [0.1, 0.15) is 0 Å². The number of rotatable bonds is 5. The first-order chi connectivity index (χ1) is 10.1. The highest BCUT2D eigenvalue weighted by molar-refractivity contribution is 6.74. The second-order valence-corrected chi connectivity index (χ2v) is 20.0. The molecule has 2 N–H and O–H groups in total. The summed E-state index contributed by atoms with van der Waals surface area (Å²) >= 11 is 0. The van der Waals surface area contributed by atoms with Crippen LogP contribution in [0.25, 0.3) is 0 Å². The predicted molar refractivity (Wildman–Crippen MR) is 106 cm³/mol. The molecule has 1 saturated carbocycles. The molecule has 0 aromatic rings. The molecule has 138 valence electrons. The largest absolute Gasteiger partial charge is 0.416 e. The van der Waals surface area contributed by atoms with Crippen LogP contribution in [0.2, 0.25) is 36.3 Å². The van der Waals surface area contributed by atoms with Gasteiger partial charge in [-0.1, -0.05) is 41.5 Å². The van der Waals surface area contributed by atoms with Gasteiger partial charge in [-0.25, -0.2) is 0 Å². The lowest BCUT2D eigenvalue weighted by Crippen LogP contribution is -2.46. The van der Waals surface area contributed by atoms with Crippen molar-refractivity contribution in [2.45, 2.75) is 103 Å². The van der Waals surface area contributed by atoms with E-state index in [-0.39, 0.29) is 22.2 Å². The summed E-state index contributed by atoms with van der Waals surface area (Å²) in [4.78, 5) is 0. The van der Waals surface area contributed by atoms with Crippen molar-refractivity contribution in [1.29, 1.82) is 0 Å². The molecule has 0 radical (unpaired) electrons. The summed E-state index contributed by atoms with van der Waals surface area (Å²) in [7, 11) is -3.46. The van der Waals surface area contributed by atoms with Crippen molar-refractivity contribution in [1.82, 2.24) is 0 Å². The van der Waals surface area contributed by atoms with Crippen LogP contribution in [0.4, 0.5) is 0 Å². The highest BCUT2D eigenvalue weighted by Gasteiger charge is 2.44. The second-order valence-electron chi connectivity index (χ2n) is 10.5. The van der Waals surface area contributed by atoms with Crippen LogP contribution in [-0.4, -0.2) is 35.4 Å². The Balaban J connectivity index is 2.74. The first kappa shape index (κ1) is 21.4. The van der Waals surface area contributed by atoms with E-state index in [0.29, 0.717) is 5.92 Å². The monoisotopic (exact) mass is 359 g/mol. The molecule has 0 bridgehead atoms. The maximum absolute atomic E-state index is 6.69. The van der Waals surface area contributed by atoms with E-state index in [2.05, 4.69) is 67.7 Å². The van der Waals surface area contributed by atoms with Crippen molar-refractivity contribution in [3.63, 3.8) is 0 Å². The maximum Gasteiger partial charge on any atom is 0.192 e. The van der Waals surface area contributed by atoms with Gasteiger partial charge >= 0.3 is 0 Å². The standard InChI is InChI=1S/C18H41NO2Si2/c1-17(2,3)22(7,8)20-13-14-11-15(19)12-16(14)21-23(9,10)18(4,5)6/h14-16H,11-13,19H2,1-10H3/t14-,15+,16-/m0/s1. The molecule has 0 aromatic carbocycles. The maximum atomic E-state index is 6.69. The van der Waals surface area contributed by atoms with Gasteiger partial charge in [-0.3, -0.25) is 0 Å². The fourth-order valence-electron chi connectivity index (χ4n) is 2.53. The van der Waals surface area contributed by atoms with Crippen molar-refractivity contribution in [2.24, 2.45) is 11.7 Å². The Morgan fingerprint density at radius 3 is 1.78 bits per heavy atom. The molecule has 1 aliphatic rings. The zero-order valence-corrected chi connectivity index (χ0v) is 19.2.